The number of hydrogen-bond donors (Lipinski definition) is 1. The largest absolute Gasteiger partial charge is 0.484 e. The summed E-state index contributed by atoms with van der Waals surface area (Å²) in [4.78, 5) is 13.0. The number of ether oxygens (including phenoxy) is 1. The SMILES string of the molecule is CCCc1nnc2sc(-c3cccc(NC(=O)COc4ccc(Cl)cc4)c3)nn12. The predicted octanol–water partition coefficient (Wildman–Crippen LogP) is 4.48. The molecule has 148 valence electrons. The zero-order chi connectivity index (χ0) is 20.2. The van der Waals surface area contributed by atoms with Crippen LogP contribution in [0.25, 0.3) is 15.5 Å². The second-order valence-electron chi connectivity index (χ2n) is 6.34. The Morgan fingerprint density at radius 3 is 2.83 bits per heavy atom. The number of benzene rings is 2. The van der Waals surface area contributed by atoms with Crippen molar-refractivity contribution in [3.8, 4) is 16.3 Å². The highest BCUT2D eigenvalue weighted by molar-refractivity contribution is 7.19. The molecule has 0 saturated carbocycles. The zero-order valence-electron chi connectivity index (χ0n) is 15.6. The number of aryl methyl sites for hydroxylation is 1. The van der Waals surface area contributed by atoms with Crippen LogP contribution in [0.3, 0.4) is 0 Å². The lowest BCUT2D eigenvalue weighted by atomic mass is 10.2. The number of carbonyl (C=O) groups is 1. The summed E-state index contributed by atoms with van der Waals surface area (Å²) in [6, 6.07) is 14.4. The van der Waals surface area contributed by atoms with Gasteiger partial charge < -0.3 is 10.1 Å². The van der Waals surface area contributed by atoms with Gasteiger partial charge in [-0.05, 0) is 42.8 Å². The van der Waals surface area contributed by atoms with Gasteiger partial charge in [-0.3, -0.25) is 4.79 Å². The molecule has 0 aliphatic rings. The van der Waals surface area contributed by atoms with E-state index < -0.39 is 0 Å². The van der Waals surface area contributed by atoms with Gasteiger partial charge in [0, 0.05) is 22.7 Å². The van der Waals surface area contributed by atoms with Crippen molar-refractivity contribution < 1.29 is 9.53 Å². The number of amides is 1. The molecule has 0 radical (unpaired) electrons. The van der Waals surface area contributed by atoms with Crippen LogP contribution in [0.15, 0.2) is 48.5 Å². The van der Waals surface area contributed by atoms with Crippen molar-refractivity contribution in [2.45, 2.75) is 19.8 Å². The maximum Gasteiger partial charge on any atom is 0.262 e. The average molecular weight is 428 g/mol. The van der Waals surface area contributed by atoms with Crippen molar-refractivity contribution in [3.05, 3.63) is 59.4 Å². The third-order valence-electron chi connectivity index (χ3n) is 4.11. The van der Waals surface area contributed by atoms with E-state index in [1.807, 2.05) is 24.3 Å². The van der Waals surface area contributed by atoms with Gasteiger partial charge >= 0.3 is 0 Å². The number of rotatable bonds is 7. The number of halogens is 1. The van der Waals surface area contributed by atoms with Gasteiger partial charge in [0.1, 0.15) is 10.8 Å². The van der Waals surface area contributed by atoms with Gasteiger partial charge in [0.2, 0.25) is 4.96 Å². The Balaban J connectivity index is 1.44. The molecule has 2 aromatic heterocycles. The van der Waals surface area contributed by atoms with Crippen molar-refractivity contribution in [2.75, 3.05) is 11.9 Å². The fourth-order valence-corrected chi connectivity index (χ4v) is 3.74. The van der Waals surface area contributed by atoms with E-state index in [9.17, 15) is 4.79 Å². The Morgan fingerprint density at radius 1 is 1.21 bits per heavy atom. The Kier molecular flexibility index (Phi) is 5.73. The van der Waals surface area contributed by atoms with Gasteiger partial charge in [-0.1, -0.05) is 42.0 Å². The summed E-state index contributed by atoms with van der Waals surface area (Å²) in [7, 11) is 0. The first-order chi connectivity index (χ1) is 14.1. The van der Waals surface area contributed by atoms with Crippen LogP contribution in [-0.2, 0) is 11.2 Å². The Hall–Kier alpha value is -2.97. The summed E-state index contributed by atoms with van der Waals surface area (Å²) in [6.45, 7) is 2.00. The maximum absolute atomic E-state index is 12.2. The zero-order valence-corrected chi connectivity index (χ0v) is 17.2. The molecule has 0 fully saturated rings. The van der Waals surface area contributed by atoms with Gasteiger partial charge in [0.05, 0.1) is 0 Å². The number of nitrogens with one attached hydrogen (secondary N) is 1. The van der Waals surface area contributed by atoms with E-state index in [-0.39, 0.29) is 12.5 Å². The van der Waals surface area contributed by atoms with Crippen molar-refractivity contribution >= 4 is 39.5 Å². The van der Waals surface area contributed by atoms with Gasteiger partial charge in [0.15, 0.2) is 12.4 Å². The molecule has 0 aliphatic carbocycles. The van der Waals surface area contributed by atoms with Crippen molar-refractivity contribution in [2.24, 2.45) is 0 Å². The molecular formula is C20H18ClN5O2S. The molecule has 4 rings (SSSR count). The summed E-state index contributed by atoms with van der Waals surface area (Å²) in [5.41, 5.74) is 1.58. The van der Waals surface area contributed by atoms with Crippen LogP contribution >= 0.6 is 22.9 Å². The Morgan fingerprint density at radius 2 is 2.03 bits per heavy atom. The molecule has 0 spiro atoms. The molecule has 0 bridgehead atoms. The van der Waals surface area contributed by atoms with Crippen LogP contribution in [0.4, 0.5) is 5.69 Å². The maximum atomic E-state index is 12.2. The first-order valence-electron chi connectivity index (χ1n) is 9.12. The molecule has 2 heterocycles. The summed E-state index contributed by atoms with van der Waals surface area (Å²) in [5, 5.41) is 17.3. The molecule has 0 aliphatic heterocycles. The van der Waals surface area contributed by atoms with E-state index in [1.165, 1.54) is 11.3 Å². The lowest BCUT2D eigenvalue weighted by Crippen LogP contribution is -2.20. The summed E-state index contributed by atoms with van der Waals surface area (Å²) >= 11 is 7.31. The highest BCUT2D eigenvalue weighted by atomic mass is 35.5. The smallest absolute Gasteiger partial charge is 0.262 e. The van der Waals surface area contributed by atoms with Crippen LogP contribution in [0.5, 0.6) is 5.75 Å². The van der Waals surface area contributed by atoms with Gasteiger partial charge in [0.25, 0.3) is 5.91 Å². The minimum Gasteiger partial charge on any atom is -0.484 e. The predicted molar refractivity (Wildman–Crippen MR) is 114 cm³/mol. The number of hydrogen-bond acceptors (Lipinski definition) is 6. The van der Waals surface area contributed by atoms with E-state index in [2.05, 4.69) is 27.5 Å². The molecule has 1 N–H and O–H groups in total. The minimum absolute atomic E-state index is 0.0943. The second kappa shape index (κ2) is 8.59. The standard InChI is InChI=1S/C20H18ClN5O2S/c1-2-4-17-23-24-20-26(17)25-19(29-20)13-5-3-6-15(11-13)22-18(27)12-28-16-9-7-14(21)8-10-16/h3,5-11H,2,4,12H2,1H3,(H,22,27). The van der Waals surface area contributed by atoms with Crippen LogP contribution in [-0.4, -0.2) is 32.3 Å². The fourth-order valence-electron chi connectivity index (χ4n) is 2.76. The van der Waals surface area contributed by atoms with Crippen molar-refractivity contribution in [1.82, 2.24) is 19.8 Å². The first-order valence-corrected chi connectivity index (χ1v) is 10.3. The molecule has 29 heavy (non-hydrogen) atoms. The average Bonchev–Trinajstić information content (AvgIpc) is 3.30. The third kappa shape index (κ3) is 4.55. The van der Waals surface area contributed by atoms with Crippen LogP contribution in [0, 0.1) is 0 Å². The monoisotopic (exact) mass is 427 g/mol. The van der Waals surface area contributed by atoms with E-state index in [1.54, 1.807) is 28.8 Å². The number of fused-ring (bicyclic) bond motifs is 1. The molecule has 0 unspecified atom stereocenters. The number of aromatic nitrogens is 4. The summed E-state index contributed by atoms with van der Waals surface area (Å²) in [5.74, 6) is 1.19. The summed E-state index contributed by atoms with van der Waals surface area (Å²) in [6.07, 6.45) is 1.81. The van der Waals surface area contributed by atoms with E-state index in [0.717, 1.165) is 34.2 Å². The van der Waals surface area contributed by atoms with Gasteiger partial charge in [-0.25, -0.2) is 0 Å². The quantitative estimate of drug-likeness (QED) is 0.470. The molecule has 9 heteroatoms. The topological polar surface area (TPSA) is 81.4 Å². The lowest BCUT2D eigenvalue weighted by Gasteiger charge is -2.08. The third-order valence-corrected chi connectivity index (χ3v) is 5.31. The van der Waals surface area contributed by atoms with Gasteiger partial charge in [-0.2, -0.15) is 9.61 Å². The first kappa shape index (κ1) is 19.4. The van der Waals surface area contributed by atoms with E-state index >= 15 is 0 Å². The fraction of sp³-hybridized carbons (Fsp3) is 0.200. The number of nitrogens with zero attached hydrogens (tertiary/aromatic N) is 4. The highest BCUT2D eigenvalue weighted by Gasteiger charge is 2.13. The molecule has 2 aromatic carbocycles. The molecule has 4 aromatic rings. The molecule has 7 nitrogen and oxygen atoms in total. The minimum atomic E-state index is -0.250. The lowest BCUT2D eigenvalue weighted by molar-refractivity contribution is -0.118. The van der Waals surface area contributed by atoms with Crippen LogP contribution in [0.1, 0.15) is 19.2 Å². The normalized spacial score (nSPS) is 11.0. The van der Waals surface area contributed by atoms with Crippen molar-refractivity contribution in [1.29, 1.82) is 0 Å². The number of carbonyl (C=O) groups excluding carboxylic acids is 1. The van der Waals surface area contributed by atoms with Crippen LogP contribution < -0.4 is 10.1 Å². The van der Waals surface area contributed by atoms with E-state index in [4.69, 9.17) is 16.3 Å². The van der Waals surface area contributed by atoms with E-state index in [0.29, 0.717) is 16.5 Å². The number of anilines is 1. The highest BCUT2D eigenvalue weighted by Crippen LogP contribution is 2.27. The second-order valence-corrected chi connectivity index (χ2v) is 7.73. The molecule has 0 saturated heterocycles. The Bertz CT molecular complexity index is 1140. The van der Waals surface area contributed by atoms with Crippen LogP contribution in [0.2, 0.25) is 5.02 Å². The Labute approximate surface area is 176 Å². The molecule has 0 atom stereocenters. The molecular weight excluding hydrogens is 410 g/mol. The summed E-state index contributed by atoms with van der Waals surface area (Å²) < 4.78 is 7.26. The molecule has 1 amide bonds. The van der Waals surface area contributed by atoms with Crippen molar-refractivity contribution in [3.63, 3.8) is 0 Å². The van der Waals surface area contributed by atoms with Gasteiger partial charge in [-0.15, -0.1) is 10.2 Å².